The lowest BCUT2D eigenvalue weighted by molar-refractivity contribution is 0.383. The highest BCUT2D eigenvalue weighted by Crippen LogP contribution is 2.32. The molecule has 3 nitrogen and oxygen atoms in total. The highest BCUT2D eigenvalue weighted by Gasteiger charge is 2.28. The van der Waals surface area contributed by atoms with Gasteiger partial charge >= 0.3 is 0 Å². The predicted octanol–water partition coefficient (Wildman–Crippen LogP) is 3.17. The Kier molecular flexibility index (Phi) is 4.13. The van der Waals surface area contributed by atoms with E-state index in [-0.39, 0.29) is 6.04 Å². The van der Waals surface area contributed by atoms with Crippen molar-refractivity contribution in [2.45, 2.75) is 51.0 Å². The summed E-state index contributed by atoms with van der Waals surface area (Å²) in [5.41, 5.74) is 2.46. The molecule has 0 amide bonds. The molecule has 1 aromatic carbocycles. The Morgan fingerprint density at radius 1 is 1.05 bits per heavy atom. The smallest absolute Gasteiger partial charge is 0.212 e. The van der Waals surface area contributed by atoms with Crippen LogP contribution < -0.4 is 4.72 Å². The molecule has 2 aliphatic carbocycles. The minimum Gasteiger partial charge on any atom is -0.212 e. The number of sulfonamides is 1. The lowest BCUT2D eigenvalue weighted by Gasteiger charge is -2.22. The fourth-order valence-electron chi connectivity index (χ4n) is 3.61. The second kappa shape index (κ2) is 5.86. The maximum Gasteiger partial charge on any atom is 0.212 e. The summed E-state index contributed by atoms with van der Waals surface area (Å²) in [5.74, 6) is 0.670. The van der Waals surface area contributed by atoms with Gasteiger partial charge in [-0.25, -0.2) is 13.1 Å². The lowest BCUT2D eigenvalue weighted by Crippen LogP contribution is -2.33. The van der Waals surface area contributed by atoms with Crippen LogP contribution in [0.4, 0.5) is 0 Å². The fraction of sp³-hybridized carbons (Fsp3) is 0.625. The van der Waals surface area contributed by atoms with Gasteiger partial charge in [-0.3, -0.25) is 0 Å². The van der Waals surface area contributed by atoms with E-state index in [2.05, 4.69) is 16.9 Å². The number of hydrogen-bond acceptors (Lipinski definition) is 2. The molecule has 0 heterocycles. The third-order valence-corrected chi connectivity index (χ3v) is 6.19. The predicted molar refractivity (Wildman–Crippen MR) is 81.0 cm³/mol. The molecule has 1 fully saturated rings. The summed E-state index contributed by atoms with van der Waals surface area (Å²) < 4.78 is 27.6. The van der Waals surface area contributed by atoms with Crippen molar-refractivity contribution in [2.24, 2.45) is 5.92 Å². The molecule has 1 aromatic rings. The van der Waals surface area contributed by atoms with Crippen molar-refractivity contribution in [3.05, 3.63) is 35.4 Å². The molecule has 0 spiro atoms. The van der Waals surface area contributed by atoms with Crippen LogP contribution in [0.25, 0.3) is 0 Å². The molecule has 3 rings (SSSR count). The van der Waals surface area contributed by atoms with Gasteiger partial charge in [0.25, 0.3) is 0 Å². The van der Waals surface area contributed by atoms with E-state index in [1.54, 1.807) is 0 Å². The fourth-order valence-corrected chi connectivity index (χ4v) is 5.34. The number of hydrogen-bond donors (Lipinski definition) is 1. The first-order valence-corrected chi connectivity index (χ1v) is 9.37. The van der Waals surface area contributed by atoms with Gasteiger partial charge in [0.05, 0.1) is 5.75 Å². The molecule has 0 bridgehead atoms. The minimum atomic E-state index is -3.16. The molecule has 110 valence electrons. The van der Waals surface area contributed by atoms with Crippen LogP contribution in [-0.4, -0.2) is 14.2 Å². The summed E-state index contributed by atoms with van der Waals surface area (Å²) in [7, 11) is -3.16. The third-order valence-electron chi connectivity index (χ3n) is 4.63. The van der Waals surface area contributed by atoms with Crippen molar-refractivity contribution < 1.29 is 8.42 Å². The highest BCUT2D eigenvalue weighted by atomic mass is 32.2. The van der Waals surface area contributed by atoms with Crippen LogP contribution in [0.15, 0.2) is 24.3 Å². The summed E-state index contributed by atoms with van der Waals surface area (Å²) in [5, 5.41) is 0. The molecule has 1 unspecified atom stereocenters. The van der Waals surface area contributed by atoms with Gasteiger partial charge in [-0.05, 0) is 42.7 Å². The Labute approximate surface area is 121 Å². The highest BCUT2D eigenvalue weighted by molar-refractivity contribution is 7.89. The Hall–Kier alpha value is -0.870. The average Bonchev–Trinajstić information content (AvgIpc) is 2.82. The van der Waals surface area contributed by atoms with Gasteiger partial charge in [0, 0.05) is 6.04 Å². The molecule has 0 aromatic heterocycles. The maximum absolute atomic E-state index is 12.4. The summed E-state index contributed by atoms with van der Waals surface area (Å²) in [6.45, 7) is 0. The molecule has 0 saturated heterocycles. The Balaban J connectivity index is 1.65. The van der Waals surface area contributed by atoms with Crippen molar-refractivity contribution in [1.82, 2.24) is 4.72 Å². The number of fused-ring (bicyclic) bond motifs is 1. The van der Waals surface area contributed by atoms with Gasteiger partial charge in [-0.15, -0.1) is 0 Å². The minimum absolute atomic E-state index is 0.0141. The second-order valence-corrected chi connectivity index (χ2v) is 7.99. The summed E-state index contributed by atoms with van der Waals surface area (Å²) in [6, 6.07) is 8.16. The molecular weight excluding hydrogens is 270 g/mol. The average molecular weight is 293 g/mol. The summed E-state index contributed by atoms with van der Waals surface area (Å²) in [6.07, 6.45) is 7.65. The quantitative estimate of drug-likeness (QED) is 0.927. The van der Waals surface area contributed by atoms with E-state index in [4.69, 9.17) is 0 Å². The van der Waals surface area contributed by atoms with E-state index in [1.165, 1.54) is 30.4 Å². The Morgan fingerprint density at radius 3 is 2.60 bits per heavy atom. The van der Waals surface area contributed by atoms with Crippen LogP contribution in [0.3, 0.4) is 0 Å². The first-order valence-electron chi connectivity index (χ1n) is 7.72. The van der Waals surface area contributed by atoms with Gasteiger partial charge in [0.1, 0.15) is 0 Å². The zero-order chi connectivity index (χ0) is 14.0. The van der Waals surface area contributed by atoms with E-state index in [0.717, 1.165) is 25.7 Å². The van der Waals surface area contributed by atoms with E-state index >= 15 is 0 Å². The molecule has 1 atom stereocenters. The summed E-state index contributed by atoms with van der Waals surface area (Å²) >= 11 is 0. The molecule has 1 N–H and O–H groups in total. The van der Waals surface area contributed by atoms with Crippen LogP contribution in [0.2, 0.25) is 0 Å². The van der Waals surface area contributed by atoms with Crippen molar-refractivity contribution in [3.63, 3.8) is 0 Å². The molecule has 0 radical (unpaired) electrons. The Morgan fingerprint density at radius 2 is 1.80 bits per heavy atom. The van der Waals surface area contributed by atoms with Crippen molar-refractivity contribution in [1.29, 1.82) is 0 Å². The summed E-state index contributed by atoms with van der Waals surface area (Å²) in [4.78, 5) is 0. The third kappa shape index (κ3) is 3.23. The maximum atomic E-state index is 12.4. The molecule has 0 aliphatic heterocycles. The Bertz CT molecular complexity index is 562. The first-order chi connectivity index (χ1) is 9.64. The van der Waals surface area contributed by atoms with E-state index < -0.39 is 10.0 Å². The van der Waals surface area contributed by atoms with Crippen LogP contribution in [-0.2, 0) is 16.4 Å². The second-order valence-electron chi connectivity index (χ2n) is 6.19. The van der Waals surface area contributed by atoms with Gasteiger partial charge in [-0.1, -0.05) is 43.5 Å². The standard InChI is InChI=1S/C16H23NO2S/c18-20(19,12-13-6-2-1-3-7-13)17-16-11-10-14-8-4-5-9-15(14)16/h4-5,8-9,13,16-17H,1-3,6-7,10-12H2. The van der Waals surface area contributed by atoms with Gasteiger partial charge in [-0.2, -0.15) is 0 Å². The molecule has 20 heavy (non-hydrogen) atoms. The van der Waals surface area contributed by atoms with Crippen LogP contribution in [0, 0.1) is 5.92 Å². The first kappa shape index (κ1) is 14.1. The normalized spacial score (nSPS) is 23.7. The van der Waals surface area contributed by atoms with Gasteiger partial charge in [0.15, 0.2) is 0 Å². The van der Waals surface area contributed by atoms with Crippen molar-refractivity contribution >= 4 is 10.0 Å². The van der Waals surface area contributed by atoms with E-state index in [9.17, 15) is 8.42 Å². The number of rotatable bonds is 4. The van der Waals surface area contributed by atoms with Crippen LogP contribution in [0.5, 0.6) is 0 Å². The van der Waals surface area contributed by atoms with Crippen LogP contribution in [0.1, 0.15) is 55.7 Å². The molecular formula is C16H23NO2S. The molecule has 1 saturated carbocycles. The zero-order valence-electron chi connectivity index (χ0n) is 11.8. The SMILES string of the molecule is O=S(=O)(CC1CCCCC1)NC1CCc2ccccc21. The molecule has 2 aliphatic rings. The number of nitrogens with one attached hydrogen (secondary N) is 1. The van der Waals surface area contributed by atoms with E-state index in [1.807, 2.05) is 12.1 Å². The monoisotopic (exact) mass is 293 g/mol. The van der Waals surface area contributed by atoms with Crippen molar-refractivity contribution in [3.8, 4) is 0 Å². The zero-order valence-corrected chi connectivity index (χ0v) is 12.7. The number of benzene rings is 1. The number of aryl methyl sites for hydroxylation is 1. The topological polar surface area (TPSA) is 46.2 Å². The van der Waals surface area contributed by atoms with Crippen molar-refractivity contribution in [2.75, 3.05) is 5.75 Å². The van der Waals surface area contributed by atoms with Crippen LogP contribution >= 0.6 is 0 Å². The van der Waals surface area contributed by atoms with Gasteiger partial charge in [0.2, 0.25) is 10.0 Å². The van der Waals surface area contributed by atoms with Gasteiger partial charge < -0.3 is 0 Å². The largest absolute Gasteiger partial charge is 0.212 e. The lowest BCUT2D eigenvalue weighted by atomic mass is 9.91. The molecule has 4 heteroatoms. The van der Waals surface area contributed by atoms with E-state index in [0.29, 0.717) is 11.7 Å².